The predicted molar refractivity (Wildman–Crippen MR) is 97.9 cm³/mol. The number of rotatable bonds is 7. The standard InChI is InChI=1S/C16H14BrClFN5O2/c1-25-14-6-5-11(17)9(7-20-16-21-23-24-22-16)15(14)26-8-10-12(18)3-2-4-13(10)19/h2-6H,7-8H2,1H3,(H2,20,21,22,23,24). The Kier molecular flexibility index (Phi) is 5.89. The van der Waals surface area contributed by atoms with Crippen LogP contribution in [0.25, 0.3) is 0 Å². The molecule has 0 atom stereocenters. The van der Waals surface area contributed by atoms with Crippen molar-refractivity contribution in [1.82, 2.24) is 20.6 Å². The topological polar surface area (TPSA) is 85.0 Å². The zero-order valence-corrected chi connectivity index (χ0v) is 15.9. The molecule has 2 aromatic carbocycles. The van der Waals surface area contributed by atoms with E-state index in [0.717, 1.165) is 10.0 Å². The lowest BCUT2D eigenvalue weighted by Gasteiger charge is -2.17. The van der Waals surface area contributed by atoms with Crippen molar-refractivity contribution in [2.45, 2.75) is 13.2 Å². The second-order valence-electron chi connectivity index (χ2n) is 5.14. The lowest BCUT2D eigenvalue weighted by molar-refractivity contribution is 0.277. The van der Waals surface area contributed by atoms with Gasteiger partial charge in [-0.05, 0) is 29.5 Å². The fraction of sp³-hybridized carbons (Fsp3) is 0.188. The van der Waals surface area contributed by atoms with Gasteiger partial charge in [0.2, 0.25) is 0 Å². The van der Waals surface area contributed by atoms with Crippen LogP contribution in [0.1, 0.15) is 11.1 Å². The first-order valence-corrected chi connectivity index (χ1v) is 8.65. The van der Waals surface area contributed by atoms with Gasteiger partial charge in [-0.1, -0.05) is 38.7 Å². The van der Waals surface area contributed by atoms with Gasteiger partial charge < -0.3 is 14.8 Å². The van der Waals surface area contributed by atoms with Crippen LogP contribution in [0.15, 0.2) is 34.8 Å². The van der Waals surface area contributed by atoms with E-state index in [1.807, 2.05) is 6.07 Å². The molecule has 3 aromatic rings. The van der Waals surface area contributed by atoms with Crippen LogP contribution in [0.2, 0.25) is 5.02 Å². The number of nitrogens with one attached hydrogen (secondary N) is 2. The molecule has 0 fully saturated rings. The number of methoxy groups -OCH3 is 1. The number of benzene rings is 2. The van der Waals surface area contributed by atoms with Crippen molar-refractivity contribution < 1.29 is 13.9 Å². The third kappa shape index (κ3) is 4.05. The normalized spacial score (nSPS) is 10.6. The fourth-order valence-electron chi connectivity index (χ4n) is 2.28. The van der Waals surface area contributed by atoms with E-state index in [-0.39, 0.29) is 12.2 Å². The lowest BCUT2D eigenvalue weighted by Crippen LogP contribution is -2.08. The molecule has 0 radical (unpaired) electrons. The summed E-state index contributed by atoms with van der Waals surface area (Å²) in [5, 5.41) is 16.8. The van der Waals surface area contributed by atoms with Gasteiger partial charge in [0.15, 0.2) is 11.5 Å². The number of aromatic amines is 1. The van der Waals surface area contributed by atoms with E-state index in [9.17, 15) is 4.39 Å². The zero-order valence-electron chi connectivity index (χ0n) is 13.6. The molecule has 0 amide bonds. The number of H-pyrrole nitrogens is 1. The quantitative estimate of drug-likeness (QED) is 0.576. The SMILES string of the molecule is COc1ccc(Br)c(CNc2nn[nH]n2)c1OCc1c(F)cccc1Cl. The van der Waals surface area contributed by atoms with Gasteiger partial charge in [-0.2, -0.15) is 5.21 Å². The van der Waals surface area contributed by atoms with Crippen molar-refractivity contribution in [3.63, 3.8) is 0 Å². The Hall–Kier alpha value is -2.39. The molecule has 10 heteroatoms. The monoisotopic (exact) mass is 441 g/mol. The Morgan fingerprint density at radius 1 is 1.27 bits per heavy atom. The number of ether oxygens (including phenoxy) is 2. The number of hydrogen-bond acceptors (Lipinski definition) is 6. The van der Waals surface area contributed by atoms with Crippen molar-refractivity contribution in [2.75, 3.05) is 12.4 Å². The summed E-state index contributed by atoms with van der Waals surface area (Å²) in [6.07, 6.45) is 0. The Morgan fingerprint density at radius 3 is 2.81 bits per heavy atom. The average Bonchev–Trinajstić information content (AvgIpc) is 3.14. The molecule has 0 unspecified atom stereocenters. The van der Waals surface area contributed by atoms with Crippen LogP contribution in [0, 0.1) is 5.82 Å². The summed E-state index contributed by atoms with van der Waals surface area (Å²) in [5.41, 5.74) is 1.02. The number of tetrazole rings is 1. The van der Waals surface area contributed by atoms with Gasteiger partial charge in [-0.15, -0.1) is 5.10 Å². The third-order valence-corrected chi connectivity index (χ3v) is 4.68. The maximum Gasteiger partial charge on any atom is 0.263 e. The van der Waals surface area contributed by atoms with Gasteiger partial charge in [0, 0.05) is 22.1 Å². The van der Waals surface area contributed by atoms with Gasteiger partial charge in [-0.3, -0.25) is 0 Å². The van der Waals surface area contributed by atoms with E-state index in [0.29, 0.717) is 29.0 Å². The van der Waals surface area contributed by atoms with Crippen LogP contribution in [0.4, 0.5) is 10.3 Å². The summed E-state index contributed by atoms with van der Waals surface area (Å²) in [5.74, 6) is 0.864. The van der Waals surface area contributed by atoms with Crippen molar-refractivity contribution in [2.24, 2.45) is 0 Å². The molecule has 0 aliphatic carbocycles. The average molecular weight is 443 g/mol. The molecule has 7 nitrogen and oxygen atoms in total. The third-order valence-electron chi connectivity index (χ3n) is 3.58. The van der Waals surface area contributed by atoms with E-state index in [2.05, 4.69) is 41.9 Å². The van der Waals surface area contributed by atoms with Crippen LogP contribution in [-0.2, 0) is 13.2 Å². The van der Waals surface area contributed by atoms with Crippen LogP contribution >= 0.6 is 27.5 Å². The molecule has 3 rings (SSSR count). The van der Waals surface area contributed by atoms with Crippen molar-refractivity contribution >= 4 is 33.5 Å². The van der Waals surface area contributed by atoms with Gasteiger partial charge in [0.25, 0.3) is 5.95 Å². The van der Waals surface area contributed by atoms with Crippen molar-refractivity contribution in [1.29, 1.82) is 0 Å². The molecular weight excluding hydrogens is 429 g/mol. The number of aromatic nitrogens is 4. The molecule has 26 heavy (non-hydrogen) atoms. The molecule has 1 aromatic heterocycles. The minimum Gasteiger partial charge on any atom is -0.493 e. The largest absolute Gasteiger partial charge is 0.493 e. The van der Waals surface area contributed by atoms with Crippen LogP contribution in [0.5, 0.6) is 11.5 Å². The highest BCUT2D eigenvalue weighted by Gasteiger charge is 2.17. The molecule has 0 aliphatic heterocycles. The summed E-state index contributed by atoms with van der Waals surface area (Å²) >= 11 is 9.56. The summed E-state index contributed by atoms with van der Waals surface area (Å²) in [7, 11) is 1.53. The molecule has 136 valence electrons. The van der Waals surface area contributed by atoms with E-state index in [1.54, 1.807) is 18.2 Å². The molecule has 0 aliphatic rings. The van der Waals surface area contributed by atoms with Crippen molar-refractivity contribution in [3.05, 3.63) is 56.8 Å². The molecule has 0 spiro atoms. The minimum absolute atomic E-state index is 0.0481. The summed E-state index contributed by atoms with van der Waals surface area (Å²) < 4.78 is 26.0. The first kappa shape index (κ1) is 18.4. The van der Waals surface area contributed by atoms with E-state index in [1.165, 1.54) is 13.2 Å². The van der Waals surface area contributed by atoms with E-state index in [4.69, 9.17) is 21.1 Å². The summed E-state index contributed by atoms with van der Waals surface area (Å²) in [6.45, 7) is 0.283. The molecule has 1 heterocycles. The van der Waals surface area contributed by atoms with Gasteiger partial charge in [0.1, 0.15) is 12.4 Å². The van der Waals surface area contributed by atoms with Crippen molar-refractivity contribution in [3.8, 4) is 11.5 Å². The van der Waals surface area contributed by atoms with Crippen LogP contribution in [-0.4, -0.2) is 27.7 Å². The first-order valence-electron chi connectivity index (χ1n) is 7.48. The smallest absolute Gasteiger partial charge is 0.263 e. The highest BCUT2D eigenvalue weighted by Crippen LogP contribution is 2.37. The van der Waals surface area contributed by atoms with Crippen LogP contribution < -0.4 is 14.8 Å². The van der Waals surface area contributed by atoms with Crippen LogP contribution in [0.3, 0.4) is 0 Å². The number of hydrogen-bond donors (Lipinski definition) is 2. The maximum atomic E-state index is 14.0. The second-order valence-corrected chi connectivity index (χ2v) is 6.40. The maximum absolute atomic E-state index is 14.0. The highest BCUT2D eigenvalue weighted by molar-refractivity contribution is 9.10. The molecule has 0 bridgehead atoms. The van der Waals surface area contributed by atoms with E-state index < -0.39 is 5.82 Å². The van der Waals surface area contributed by atoms with E-state index >= 15 is 0 Å². The Balaban J connectivity index is 1.87. The lowest BCUT2D eigenvalue weighted by atomic mass is 10.1. The molecule has 0 saturated heterocycles. The Bertz CT molecular complexity index is 874. The van der Waals surface area contributed by atoms with Gasteiger partial charge in [0.05, 0.1) is 12.1 Å². The molecule has 2 N–H and O–H groups in total. The van der Waals surface area contributed by atoms with Gasteiger partial charge in [-0.25, -0.2) is 4.39 Å². The predicted octanol–water partition coefficient (Wildman–Crippen LogP) is 3.95. The number of anilines is 1. The Labute approximate surface area is 162 Å². The molecular formula is C16H14BrClFN5O2. The fourth-order valence-corrected chi connectivity index (χ4v) is 2.95. The summed E-state index contributed by atoms with van der Waals surface area (Å²) in [4.78, 5) is 0. The number of nitrogens with zero attached hydrogens (tertiary/aromatic N) is 3. The number of halogens is 3. The first-order chi connectivity index (χ1) is 12.6. The van der Waals surface area contributed by atoms with Gasteiger partial charge >= 0.3 is 0 Å². The minimum atomic E-state index is -0.432. The second kappa shape index (κ2) is 8.33. The highest BCUT2D eigenvalue weighted by atomic mass is 79.9. The zero-order chi connectivity index (χ0) is 18.5. The molecule has 0 saturated carbocycles. The Morgan fingerprint density at radius 2 is 2.12 bits per heavy atom. The summed E-state index contributed by atoms with van der Waals surface area (Å²) in [6, 6.07) is 8.07.